The zero-order chi connectivity index (χ0) is 11.7. The first-order valence-corrected chi connectivity index (χ1v) is 4.48. The van der Waals surface area contributed by atoms with Gasteiger partial charge in [-0.05, 0) is 18.2 Å². The quantitative estimate of drug-likeness (QED) is 0.739. The van der Waals surface area contributed by atoms with Gasteiger partial charge in [-0.15, -0.1) is 5.10 Å². The molecular weight excluding hydrogens is 211 g/mol. The molecule has 0 atom stereocenters. The highest BCUT2D eigenvalue weighted by atomic mass is 19.1. The molecule has 0 aliphatic carbocycles. The number of aromatic nitrogens is 2. The van der Waals surface area contributed by atoms with Crippen LogP contribution in [0, 0.1) is 5.82 Å². The van der Waals surface area contributed by atoms with Crippen molar-refractivity contribution in [3.05, 3.63) is 35.6 Å². The Hall–Kier alpha value is -2.37. The minimum Gasteiger partial charge on any atom is -0.383 e. The van der Waals surface area contributed by atoms with Crippen LogP contribution >= 0.6 is 0 Å². The second kappa shape index (κ2) is 3.65. The topological polar surface area (TPSA) is 86.9 Å². The number of rotatable bonds is 2. The number of hydrogen-bond acceptors (Lipinski definition) is 4. The molecule has 16 heavy (non-hydrogen) atoms. The van der Waals surface area contributed by atoms with Crippen molar-refractivity contribution in [2.24, 2.45) is 0 Å². The first-order valence-electron chi connectivity index (χ1n) is 4.48. The summed E-state index contributed by atoms with van der Waals surface area (Å²) in [7, 11) is 0. The predicted octanol–water partition coefficient (Wildman–Crippen LogP) is 0.988. The van der Waals surface area contributed by atoms with Crippen LogP contribution in [0.15, 0.2) is 24.3 Å². The molecule has 1 heterocycles. The summed E-state index contributed by atoms with van der Waals surface area (Å²) in [4.78, 5) is 10.7. The van der Waals surface area contributed by atoms with E-state index in [0.717, 1.165) is 0 Å². The summed E-state index contributed by atoms with van der Waals surface area (Å²) in [6, 6.07) is 5.67. The number of aldehydes is 1. The van der Waals surface area contributed by atoms with Gasteiger partial charge in [0.1, 0.15) is 17.2 Å². The average molecular weight is 220 g/mol. The molecule has 0 amide bonds. The van der Waals surface area contributed by atoms with Crippen molar-refractivity contribution in [1.82, 2.24) is 9.78 Å². The van der Waals surface area contributed by atoms with Crippen LogP contribution in [0.1, 0.15) is 10.4 Å². The van der Waals surface area contributed by atoms with E-state index in [1.54, 1.807) is 6.07 Å². The molecule has 2 rings (SSSR count). The summed E-state index contributed by atoms with van der Waals surface area (Å²) >= 11 is 0. The van der Waals surface area contributed by atoms with Crippen molar-refractivity contribution in [2.45, 2.75) is 0 Å². The molecule has 0 saturated carbocycles. The van der Waals surface area contributed by atoms with E-state index < -0.39 is 5.82 Å². The molecule has 0 aliphatic heterocycles. The Morgan fingerprint density at radius 1 is 1.38 bits per heavy atom. The Morgan fingerprint density at radius 2 is 2.12 bits per heavy atom. The fourth-order valence-corrected chi connectivity index (χ4v) is 1.39. The van der Waals surface area contributed by atoms with Crippen molar-refractivity contribution in [3.8, 4) is 5.69 Å². The van der Waals surface area contributed by atoms with Crippen LogP contribution in [0.4, 0.5) is 16.0 Å². The van der Waals surface area contributed by atoms with E-state index in [1.165, 1.54) is 22.9 Å². The van der Waals surface area contributed by atoms with Gasteiger partial charge in [0.05, 0.1) is 5.69 Å². The summed E-state index contributed by atoms with van der Waals surface area (Å²) in [5.74, 6) is -0.298. The summed E-state index contributed by atoms with van der Waals surface area (Å²) in [6.45, 7) is 0. The van der Waals surface area contributed by atoms with Crippen molar-refractivity contribution in [1.29, 1.82) is 0 Å². The van der Waals surface area contributed by atoms with Gasteiger partial charge in [0.15, 0.2) is 12.1 Å². The molecule has 1 aromatic carbocycles. The molecule has 0 radical (unpaired) electrons. The van der Waals surface area contributed by atoms with Gasteiger partial charge in [0, 0.05) is 0 Å². The molecule has 5 nitrogen and oxygen atoms in total. The van der Waals surface area contributed by atoms with Gasteiger partial charge in [-0.25, -0.2) is 9.07 Å². The number of anilines is 2. The van der Waals surface area contributed by atoms with Crippen LogP contribution in [-0.2, 0) is 0 Å². The lowest BCUT2D eigenvalue weighted by atomic mass is 10.3. The van der Waals surface area contributed by atoms with Gasteiger partial charge in [-0.2, -0.15) is 0 Å². The first kappa shape index (κ1) is 10.2. The zero-order valence-corrected chi connectivity index (χ0v) is 8.22. The maximum atomic E-state index is 13.0. The lowest BCUT2D eigenvalue weighted by Crippen LogP contribution is -2.03. The molecule has 0 saturated heterocycles. The van der Waals surface area contributed by atoms with Crippen molar-refractivity contribution >= 4 is 17.9 Å². The van der Waals surface area contributed by atoms with E-state index in [1.807, 2.05) is 0 Å². The number of hydrogen-bond donors (Lipinski definition) is 2. The lowest BCUT2D eigenvalue weighted by Gasteiger charge is -2.03. The fraction of sp³-hybridized carbons (Fsp3) is 0. The molecule has 2 aromatic rings. The fourth-order valence-electron chi connectivity index (χ4n) is 1.39. The molecule has 0 spiro atoms. The third-order valence-electron chi connectivity index (χ3n) is 2.16. The highest BCUT2D eigenvalue weighted by molar-refractivity contribution is 5.88. The van der Waals surface area contributed by atoms with Gasteiger partial charge >= 0.3 is 0 Å². The number of nitrogens with two attached hydrogens (primary N) is 2. The second-order valence-corrected chi connectivity index (χ2v) is 3.19. The second-order valence-electron chi connectivity index (χ2n) is 3.19. The van der Waals surface area contributed by atoms with Gasteiger partial charge in [0.2, 0.25) is 0 Å². The minimum absolute atomic E-state index is 0.0248. The van der Waals surface area contributed by atoms with Crippen LogP contribution in [0.3, 0.4) is 0 Å². The number of carbonyl (C=O) groups excluding carboxylic acids is 1. The lowest BCUT2D eigenvalue weighted by molar-refractivity contribution is 0.112. The van der Waals surface area contributed by atoms with Crippen molar-refractivity contribution < 1.29 is 9.18 Å². The maximum absolute atomic E-state index is 13.0. The number of nitrogen functional groups attached to an aromatic ring is 2. The molecule has 4 N–H and O–H groups in total. The maximum Gasteiger partial charge on any atom is 0.158 e. The van der Waals surface area contributed by atoms with E-state index >= 15 is 0 Å². The highest BCUT2D eigenvalue weighted by Crippen LogP contribution is 2.21. The predicted molar refractivity (Wildman–Crippen MR) is 57.7 cm³/mol. The normalized spacial score (nSPS) is 10.3. The number of halogens is 1. The van der Waals surface area contributed by atoms with E-state index in [2.05, 4.69) is 5.10 Å². The summed E-state index contributed by atoms with van der Waals surface area (Å²) in [6.07, 6.45) is 0.521. The van der Waals surface area contributed by atoms with E-state index in [-0.39, 0.29) is 17.2 Å². The van der Waals surface area contributed by atoms with E-state index in [0.29, 0.717) is 12.0 Å². The van der Waals surface area contributed by atoms with Gasteiger partial charge in [-0.1, -0.05) is 6.07 Å². The molecule has 0 aliphatic rings. The molecule has 0 fully saturated rings. The Kier molecular flexibility index (Phi) is 2.32. The van der Waals surface area contributed by atoms with Gasteiger partial charge < -0.3 is 11.5 Å². The van der Waals surface area contributed by atoms with E-state index in [9.17, 15) is 9.18 Å². The SMILES string of the molecule is Nc1nn(-c2cccc(F)c2)c(N)c1C=O. The molecule has 1 aromatic heterocycles. The van der Waals surface area contributed by atoms with Crippen molar-refractivity contribution in [2.75, 3.05) is 11.5 Å². The molecule has 0 unspecified atom stereocenters. The molecule has 82 valence electrons. The summed E-state index contributed by atoms with van der Waals surface area (Å²) in [5, 5.41) is 3.86. The van der Waals surface area contributed by atoms with Gasteiger partial charge in [-0.3, -0.25) is 4.79 Å². The van der Waals surface area contributed by atoms with Gasteiger partial charge in [0.25, 0.3) is 0 Å². The standard InChI is InChI=1S/C10H9FN4O/c11-6-2-1-3-7(4-6)15-10(13)8(5-16)9(12)14-15/h1-5H,13H2,(H2,12,14). The van der Waals surface area contributed by atoms with Crippen LogP contribution in [0.2, 0.25) is 0 Å². The number of carbonyl (C=O) groups is 1. The Bertz CT molecular complexity index is 550. The van der Waals surface area contributed by atoms with Crippen LogP contribution in [0.25, 0.3) is 5.69 Å². The Morgan fingerprint density at radius 3 is 2.69 bits per heavy atom. The number of nitrogens with zero attached hydrogens (tertiary/aromatic N) is 2. The van der Waals surface area contributed by atoms with Crippen LogP contribution < -0.4 is 11.5 Å². The third kappa shape index (κ3) is 1.50. The van der Waals surface area contributed by atoms with E-state index in [4.69, 9.17) is 11.5 Å². The van der Waals surface area contributed by atoms with Crippen LogP contribution in [-0.4, -0.2) is 16.1 Å². The van der Waals surface area contributed by atoms with Crippen molar-refractivity contribution in [3.63, 3.8) is 0 Å². The Labute approximate surface area is 90.5 Å². The average Bonchev–Trinajstić information content (AvgIpc) is 2.54. The minimum atomic E-state index is -0.418. The molecular formula is C10H9FN4O. The molecule has 0 bridgehead atoms. The largest absolute Gasteiger partial charge is 0.383 e. The van der Waals surface area contributed by atoms with Crippen LogP contribution in [0.5, 0.6) is 0 Å². The summed E-state index contributed by atoms with van der Waals surface area (Å²) < 4.78 is 14.2. The summed E-state index contributed by atoms with van der Waals surface area (Å²) in [5.41, 5.74) is 11.7. The Balaban J connectivity index is 2.61. The molecule has 6 heteroatoms. The number of benzene rings is 1. The zero-order valence-electron chi connectivity index (χ0n) is 8.22. The smallest absolute Gasteiger partial charge is 0.158 e. The first-order chi connectivity index (χ1) is 7.63. The highest BCUT2D eigenvalue weighted by Gasteiger charge is 2.13. The monoisotopic (exact) mass is 220 g/mol. The third-order valence-corrected chi connectivity index (χ3v) is 2.16.